The van der Waals surface area contributed by atoms with Gasteiger partial charge >= 0.3 is 346 Å². The summed E-state index contributed by atoms with van der Waals surface area (Å²) in [6, 6.07) is 80.6. The van der Waals surface area contributed by atoms with Crippen molar-refractivity contribution in [2.75, 3.05) is 0 Å². The summed E-state index contributed by atoms with van der Waals surface area (Å²) in [5.74, 6) is -1.29. The molecule has 0 saturated carbocycles. The van der Waals surface area contributed by atoms with Crippen molar-refractivity contribution in [2.45, 2.75) is 0 Å². The standard InChI is InChI=1S/8C6H5.C4H4O4.2Sb/c8*1-2-4-6-5-3-1;5-3(6)1-2-4(7)8;;/h8*1-5H;1-2H,(H,5,6)(H,7,8);;/q;;;;;;;;;2*+1/p-2/b;;;;;;;;2-1-;;. The van der Waals surface area contributed by atoms with E-state index >= 15 is 0 Å². The Balaban J connectivity index is 1.33. The van der Waals surface area contributed by atoms with E-state index in [-0.39, 0.29) is 0 Å². The number of hydrogen-bond acceptors (Lipinski definition) is 4. The number of carbonyl (C=O) groups is 2. The average molecular weight is 974 g/mol. The molecule has 8 rings (SSSR count). The van der Waals surface area contributed by atoms with Crippen LogP contribution in [0.5, 0.6) is 0 Å². The Morgan fingerprint density at radius 2 is 0.397 bits per heavy atom. The van der Waals surface area contributed by atoms with Crippen molar-refractivity contribution in [3.8, 4) is 0 Å². The first-order chi connectivity index (χ1) is 28.5. The summed E-state index contributed by atoms with van der Waals surface area (Å²) in [6.45, 7) is 0. The van der Waals surface area contributed by atoms with E-state index in [0.717, 1.165) is 28.1 Å². The maximum absolute atomic E-state index is 14.9. The van der Waals surface area contributed by atoms with Crippen LogP contribution in [-0.2, 0) is 15.6 Å². The molecule has 4 nitrogen and oxygen atoms in total. The van der Waals surface area contributed by atoms with Crippen LogP contribution in [-0.4, -0.2) is 47.6 Å². The summed E-state index contributed by atoms with van der Waals surface area (Å²) >= 11 is -11.2. The van der Waals surface area contributed by atoms with Gasteiger partial charge < -0.3 is 0 Å². The topological polar surface area (TPSA) is 52.6 Å². The molecule has 0 aliphatic heterocycles. The van der Waals surface area contributed by atoms with Crippen LogP contribution in [0.15, 0.2) is 255 Å². The number of carbonyl (C=O) groups excluding carboxylic acids is 2. The zero-order chi connectivity index (χ0) is 39.8. The second-order valence-corrected chi connectivity index (χ2v) is 38.6. The fourth-order valence-electron chi connectivity index (χ4n) is 8.47. The molecule has 0 saturated heterocycles. The Hall–Kier alpha value is -5.92. The Labute approximate surface area is 343 Å². The molecule has 0 bridgehead atoms. The van der Waals surface area contributed by atoms with Crippen LogP contribution < -0.4 is 28.1 Å². The Bertz CT molecular complexity index is 2120. The molecule has 0 aliphatic rings. The Morgan fingerprint density at radius 1 is 0.259 bits per heavy atom. The number of benzene rings is 8. The summed E-state index contributed by atoms with van der Waals surface area (Å²) in [4.78, 5) is 29.9. The van der Waals surface area contributed by atoms with Crippen LogP contribution in [0.4, 0.5) is 0 Å². The number of hydrogen-bond donors (Lipinski definition) is 0. The summed E-state index contributed by atoms with van der Waals surface area (Å²) in [5, 5.41) is 0. The Kier molecular flexibility index (Phi) is 11.1. The second kappa shape index (κ2) is 16.5. The summed E-state index contributed by atoms with van der Waals surface area (Å²) in [7, 11) is 0. The average Bonchev–Trinajstić information content (AvgIpc) is 3.32. The van der Waals surface area contributed by atoms with Gasteiger partial charge in [-0.2, -0.15) is 0 Å². The fourth-order valence-corrected chi connectivity index (χ4v) is 40.4. The molecule has 8 aromatic rings. The van der Waals surface area contributed by atoms with Gasteiger partial charge in [0.2, 0.25) is 0 Å². The van der Waals surface area contributed by atoms with Gasteiger partial charge in [0.15, 0.2) is 0 Å². The van der Waals surface area contributed by atoms with Crippen molar-refractivity contribution < 1.29 is 15.6 Å². The SMILES string of the molecule is O=C(/C=C\C(=O)[O][Sb]([c]1ccccc1)([c]1ccccc1)([c]1ccccc1)[c]1ccccc1)[O][Sb]([c]1ccccc1)([c]1ccccc1)([c]1ccccc1)[c]1ccccc1. The molecular weight excluding hydrogens is 932 g/mol. The van der Waals surface area contributed by atoms with E-state index in [1.165, 1.54) is 12.2 Å². The minimum absolute atomic E-state index is 0.646. The van der Waals surface area contributed by atoms with Crippen molar-refractivity contribution in [3.63, 3.8) is 0 Å². The summed E-state index contributed by atoms with van der Waals surface area (Å²) < 4.78 is 21.9. The third-order valence-electron chi connectivity index (χ3n) is 10.9. The second-order valence-electron chi connectivity index (χ2n) is 13.9. The first-order valence-electron chi connectivity index (χ1n) is 19.2. The molecule has 0 unspecified atom stereocenters. The molecule has 8 aromatic carbocycles. The summed E-state index contributed by atoms with van der Waals surface area (Å²) in [5.41, 5.74) is 0. The Morgan fingerprint density at radius 3 is 0.534 bits per heavy atom. The first-order valence-corrected chi connectivity index (χ1v) is 31.5. The van der Waals surface area contributed by atoms with Gasteiger partial charge in [-0.3, -0.25) is 0 Å². The van der Waals surface area contributed by atoms with Gasteiger partial charge in [0, 0.05) is 0 Å². The van der Waals surface area contributed by atoms with Gasteiger partial charge in [0.05, 0.1) is 0 Å². The molecule has 0 amide bonds. The number of rotatable bonds is 12. The molecule has 0 radical (unpaired) electrons. The van der Waals surface area contributed by atoms with Crippen LogP contribution in [0.1, 0.15) is 0 Å². The van der Waals surface area contributed by atoms with Crippen molar-refractivity contribution in [3.05, 3.63) is 255 Å². The van der Waals surface area contributed by atoms with Crippen LogP contribution in [0.2, 0.25) is 0 Å². The van der Waals surface area contributed by atoms with E-state index in [9.17, 15) is 9.59 Å². The van der Waals surface area contributed by atoms with Gasteiger partial charge in [-0.15, -0.1) is 0 Å². The van der Waals surface area contributed by atoms with E-state index in [0.29, 0.717) is 0 Å². The van der Waals surface area contributed by atoms with Gasteiger partial charge in [0.1, 0.15) is 0 Å². The normalized spacial score (nSPS) is 13.0. The van der Waals surface area contributed by atoms with E-state index in [1.54, 1.807) is 0 Å². The van der Waals surface area contributed by atoms with E-state index in [1.807, 2.05) is 146 Å². The molecule has 0 aromatic heterocycles. The predicted octanol–water partition coefficient (Wildman–Crippen LogP) is 5.69. The molecule has 0 aliphatic carbocycles. The quantitative estimate of drug-likeness (QED) is 0.117. The zero-order valence-electron chi connectivity index (χ0n) is 31.8. The van der Waals surface area contributed by atoms with E-state index in [4.69, 9.17) is 6.03 Å². The van der Waals surface area contributed by atoms with Crippen LogP contribution >= 0.6 is 0 Å². The van der Waals surface area contributed by atoms with Gasteiger partial charge in [-0.05, 0) is 0 Å². The molecule has 6 heteroatoms. The maximum atomic E-state index is 14.9. The third-order valence-corrected chi connectivity index (χ3v) is 43.3. The fraction of sp³-hybridized carbons (Fsp3) is 0. The molecule has 0 heterocycles. The molecule has 0 spiro atoms. The molecule has 58 heavy (non-hydrogen) atoms. The van der Waals surface area contributed by atoms with E-state index < -0.39 is 47.6 Å². The van der Waals surface area contributed by atoms with Crippen LogP contribution in [0.25, 0.3) is 0 Å². The molecule has 0 atom stereocenters. The van der Waals surface area contributed by atoms with Crippen LogP contribution in [0.3, 0.4) is 0 Å². The van der Waals surface area contributed by atoms with Crippen molar-refractivity contribution in [1.82, 2.24) is 0 Å². The zero-order valence-corrected chi connectivity index (χ0v) is 36.9. The molecule has 0 fully saturated rings. The van der Waals surface area contributed by atoms with Crippen molar-refractivity contribution in [1.29, 1.82) is 0 Å². The molecule has 0 N–H and O–H groups in total. The van der Waals surface area contributed by atoms with Crippen molar-refractivity contribution >= 4 is 75.7 Å². The molecule has 284 valence electrons. The van der Waals surface area contributed by atoms with Gasteiger partial charge in [-0.1, -0.05) is 0 Å². The monoisotopic (exact) mass is 972 g/mol. The van der Waals surface area contributed by atoms with Gasteiger partial charge in [-0.25, -0.2) is 0 Å². The van der Waals surface area contributed by atoms with Crippen molar-refractivity contribution in [2.24, 2.45) is 0 Å². The minimum atomic E-state index is -5.59. The third kappa shape index (κ3) is 6.24. The molecular formula is C52H42O4Sb2. The van der Waals surface area contributed by atoms with Gasteiger partial charge in [0.25, 0.3) is 0 Å². The summed E-state index contributed by atoms with van der Waals surface area (Å²) in [6.07, 6.45) is 2.50. The van der Waals surface area contributed by atoms with E-state index in [2.05, 4.69) is 97.1 Å². The first kappa shape index (κ1) is 38.9. The van der Waals surface area contributed by atoms with Crippen LogP contribution in [0, 0.1) is 0 Å². The predicted molar refractivity (Wildman–Crippen MR) is 241 cm³/mol.